The van der Waals surface area contributed by atoms with Crippen LogP contribution in [0, 0.1) is 20.8 Å². The number of hydrogen-bond acceptors (Lipinski definition) is 4. The van der Waals surface area contributed by atoms with Gasteiger partial charge in [0, 0.05) is 22.5 Å². The summed E-state index contributed by atoms with van der Waals surface area (Å²) in [6.45, 7) is 6.02. The van der Waals surface area contributed by atoms with Gasteiger partial charge in [0.2, 0.25) is 0 Å². The van der Waals surface area contributed by atoms with E-state index in [9.17, 15) is 9.59 Å². The fourth-order valence-electron chi connectivity index (χ4n) is 3.46. The smallest absolute Gasteiger partial charge is 0.293 e. The second-order valence-electron chi connectivity index (χ2n) is 8.27. The minimum absolute atomic E-state index is 0.135. The zero-order valence-corrected chi connectivity index (χ0v) is 20.5. The van der Waals surface area contributed by atoms with Gasteiger partial charge in [-0.2, -0.15) is 0 Å². The summed E-state index contributed by atoms with van der Waals surface area (Å²) in [6, 6.07) is 23.8. The highest BCUT2D eigenvalue weighted by Gasteiger charge is 2.14. The Labute approximate surface area is 209 Å². The van der Waals surface area contributed by atoms with Crippen molar-refractivity contribution in [3.63, 3.8) is 0 Å². The maximum atomic E-state index is 12.6. The van der Waals surface area contributed by atoms with Crippen molar-refractivity contribution in [3.05, 3.63) is 107 Å². The normalized spacial score (nSPS) is 10.5. The van der Waals surface area contributed by atoms with Gasteiger partial charge in [-0.3, -0.25) is 14.9 Å². The van der Waals surface area contributed by atoms with Gasteiger partial charge >= 0.3 is 0 Å². The molecule has 0 unspecified atom stereocenters. The third-order valence-electron chi connectivity index (χ3n) is 5.53. The van der Waals surface area contributed by atoms with Crippen LogP contribution in [0.5, 0.6) is 0 Å². The molecule has 0 bridgehead atoms. The van der Waals surface area contributed by atoms with Crippen molar-refractivity contribution in [1.29, 1.82) is 0 Å². The van der Waals surface area contributed by atoms with E-state index in [0.29, 0.717) is 22.7 Å². The monoisotopic (exact) mass is 483 g/mol. The average molecular weight is 484 g/mol. The standard InChI is InChI=1S/C28H25N3O3S/c1-17-5-4-6-21(15-17)26(32)29-22-9-11-23(12-10-22)30-28(35)31-27(33)25-14-13-24(34-25)20-8-7-18(2)19(3)16-20/h4-16H,1-3H3,(H,29,32)(H2,30,31,33,35). The molecule has 0 aliphatic heterocycles. The molecule has 7 heteroatoms. The van der Waals surface area contributed by atoms with Crippen LogP contribution < -0.4 is 16.0 Å². The lowest BCUT2D eigenvalue weighted by Crippen LogP contribution is -2.33. The molecular weight excluding hydrogens is 458 g/mol. The lowest BCUT2D eigenvalue weighted by atomic mass is 10.1. The number of nitrogens with one attached hydrogen (secondary N) is 3. The van der Waals surface area contributed by atoms with Crippen LogP contribution in [0.3, 0.4) is 0 Å². The lowest BCUT2D eigenvalue weighted by molar-refractivity contribution is 0.0950. The minimum Gasteiger partial charge on any atom is -0.451 e. The van der Waals surface area contributed by atoms with Gasteiger partial charge in [-0.1, -0.05) is 29.8 Å². The number of furan rings is 1. The molecule has 0 saturated carbocycles. The fraction of sp³-hybridized carbons (Fsp3) is 0.107. The first-order valence-corrected chi connectivity index (χ1v) is 11.5. The Bertz CT molecular complexity index is 1410. The second kappa shape index (κ2) is 10.4. The number of hydrogen-bond donors (Lipinski definition) is 3. The number of rotatable bonds is 5. The largest absolute Gasteiger partial charge is 0.451 e. The van der Waals surface area contributed by atoms with Gasteiger partial charge in [0.15, 0.2) is 10.9 Å². The van der Waals surface area contributed by atoms with Crippen LogP contribution in [0.15, 0.2) is 83.3 Å². The highest BCUT2D eigenvalue weighted by molar-refractivity contribution is 7.80. The van der Waals surface area contributed by atoms with Crippen LogP contribution in [0.25, 0.3) is 11.3 Å². The van der Waals surface area contributed by atoms with Crippen molar-refractivity contribution in [3.8, 4) is 11.3 Å². The summed E-state index contributed by atoms with van der Waals surface area (Å²) in [5, 5.41) is 8.58. The lowest BCUT2D eigenvalue weighted by Gasteiger charge is -2.10. The number of anilines is 2. The molecule has 0 atom stereocenters. The molecule has 3 N–H and O–H groups in total. The van der Waals surface area contributed by atoms with Crippen LogP contribution in [0.1, 0.15) is 37.6 Å². The van der Waals surface area contributed by atoms with Crippen molar-refractivity contribution in [2.24, 2.45) is 0 Å². The van der Waals surface area contributed by atoms with E-state index >= 15 is 0 Å². The molecule has 0 saturated heterocycles. The molecule has 4 rings (SSSR count). The molecule has 1 aromatic heterocycles. The predicted octanol–water partition coefficient (Wildman–Crippen LogP) is 6.25. The quantitative estimate of drug-likeness (QED) is 0.292. The summed E-state index contributed by atoms with van der Waals surface area (Å²) in [6.07, 6.45) is 0. The van der Waals surface area contributed by atoms with E-state index in [2.05, 4.69) is 16.0 Å². The number of aryl methyl sites for hydroxylation is 3. The van der Waals surface area contributed by atoms with Gasteiger partial charge in [0.25, 0.3) is 11.8 Å². The summed E-state index contributed by atoms with van der Waals surface area (Å²) in [7, 11) is 0. The van der Waals surface area contributed by atoms with Gasteiger partial charge in [0.05, 0.1) is 0 Å². The Morgan fingerprint density at radius 1 is 0.743 bits per heavy atom. The van der Waals surface area contributed by atoms with Gasteiger partial charge in [-0.25, -0.2) is 0 Å². The first-order valence-electron chi connectivity index (χ1n) is 11.1. The molecule has 2 amide bonds. The molecule has 0 radical (unpaired) electrons. The van der Waals surface area contributed by atoms with Gasteiger partial charge in [-0.15, -0.1) is 0 Å². The Morgan fingerprint density at radius 3 is 2.14 bits per heavy atom. The summed E-state index contributed by atoms with van der Waals surface area (Å²) >= 11 is 5.27. The average Bonchev–Trinajstić information content (AvgIpc) is 3.33. The van der Waals surface area contributed by atoms with E-state index in [4.69, 9.17) is 16.6 Å². The van der Waals surface area contributed by atoms with Crippen molar-refractivity contribution >= 4 is 40.5 Å². The van der Waals surface area contributed by atoms with Crippen LogP contribution in [-0.2, 0) is 0 Å². The van der Waals surface area contributed by atoms with Crippen molar-refractivity contribution in [2.75, 3.05) is 10.6 Å². The van der Waals surface area contributed by atoms with Gasteiger partial charge in [0.1, 0.15) is 5.76 Å². The molecule has 0 aliphatic carbocycles. The van der Waals surface area contributed by atoms with Gasteiger partial charge < -0.3 is 15.1 Å². The summed E-state index contributed by atoms with van der Waals surface area (Å²) in [4.78, 5) is 25.0. The molecular formula is C28H25N3O3S. The van der Waals surface area contributed by atoms with Crippen molar-refractivity contribution < 1.29 is 14.0 Å². The topological polar surface area (TPSA) is 83.4 Å². The third kappa shape index (κ3) is 6.02. The Hall–Kier alpha value is -4.23. The summed E-state index contributed by atoms with van der Waals surface area (Å²) in [5.41, 5.74) is 6.17. The molecule has 0 aliphatic rings. The van der Waals surface area contributed by atoms with Crippen LogP contribution in [-0.4, -0.2) is 16.9 Å². The predicted molar refractivity (Wildman–Crippen MR) is 143 cm³/mol. The van der Waals surface area contributed by atoms with Crippen LogP contribution >= 0.6 is 12.2 Å². The first kappa shape index (κ1) is 23.9. The number of thiocarbonyl (C=S) groups is 1. The summed E-state index contributed by atoms with van der Waals surface area (Å²) in [5.74, 6) is 0.146. The third-order valence-corrected chi connectivity index (χ3v) is 5.73. The van der Waals surface area contributed by atoms with Gasteiger partial charge in [-0.05, 0) is 98.7 Å². The Morgan fingerprint density at radius 2 is 1.46 bits per heavy atom. The van der Waals surface area contributed by atoms with E-state index < -0.39 is 5.91 Å². The number of carbonyl (C=O) groups excluding carboxylic acids is 2. The number of carbonyl (C=O) groups is 2. The molecule has 35 heavy (non-hydrogen) atoms. The molecule has 6 nitrogen and oxygen atoms in total. The van der Waals surface area contributed by atoms with Crippen molar-refractivity contribution in [1.82, 2.24) is 5.32 Å². The van der Waals surface area contributed by atoms with E-state index in [1.54, 1.807) is 42.5 Å². The summed E-state index contributed by atoms with van der Waals surface area (Å²) < 4.78 is 5.73. The molecule has 0 spiro atoms. The number of benzene rings is 3. The van der Waals surface area contributed by atoms with Crippen LogP contribution in [0.2, 0.25) is 0 Å². The van der Waals surface area contributed by atoms with E-state index in [-0.39, 0.29) is 16.8 Å². The Kier molecular flexibility index (Phi) is 7.08. The molecule has 176 valence electrons. The second-order valence-corrected chi connectivity index (χ2v) is 8.68. The van der Waals surface area contributed by atoms with Crippen LogP contribution in [0.4, 0.5) is 11.4 Å². The minimum atomic E-state index is -0.445. The zero-order valence-electron chi connectivity index (χ0n) is 19.6. The van der Waals surface area contributed by atoms with E-state index in [1.807, 2.05) is 57.2 Å². The fourth-order valence-corrected chi connectivity index (χ4v) is 3.67. The highest BCUT2D eigenvalue weighted by Crippen LogP contribution is 2.24. The first-order chi connectivity index (χ1) is 16.8. The molecule has 1 heterocycles. The highest BCUT2D eigenvalue weighted by atomic mass is 32.1. The van der Waals surface area contributed by atoms with E-state index in [1.165, 1.54) is 5.56 Å². The Balaban J connectivity index is 1.33. The van der Waals surface area contributed by atoms with E-state index in [0.717, 1.165) is 16.7 Å². The molecule has 4 aromatic rings. The number of amides is 2. The zero-order chi connectivity index (χ0) is 24.9. The maximum absolute atomic E-state index is 12.6. The van der Waals surface area contributed by atoms with Crippen molar-refractivity contribution in [2.45, 2.75) is 20.8 Å². The molecule has 3 aromatic carbocycles. The SMILES string of the molecule is Cc1cccc(C(=O)Nc2ccc(NC(=S)NC(=O)c3ccc(-c4ccc(C)c(C)c4)o3)cc2)c1. The maximum Gasteiger partial charge on any atom is 0.293 e. The molecule has 0 fully saturated rings.